The van der Waals surface area contributed by atoms with Gasteiger partial charge in [-0.15, -0.1) is 0 Å². The summed E-state index contributed by atoms with van der Waals surface area (Å²) in [6.45, 7) is 6.14. The molecule has 7 aromatic carbocycles. The molecule has 7 rings (SSSR count). The van der Waals surface area contributed by atoms with E-state index in [1.54, 1.807) is 84.8 Å². The molecule has 0 aromatic heterocycles. The summed E-state index contributed by atoms with van der Waals surface area (Å²) in [7, 11) is 8.12. The Hall–Kier alpha value is -7.26. The molecule has 0 radical (unpaired) electrons. The van der Waals surface area contributed by atoms with Gasteiger partial charge < -0.3 is 23.7 Å². The van der Waals surface area contributed by atoms with Gasteiger partial charge >= 0.3 is 0 Å². The molecule has 0 N–H and O–H groups in total. The van der Waals surface area contributed by atoms with E-state index in [0.717, 1.165) is 50.1 Å². The fourth-order valence-electron chi connectivity index (χ4n) is 5.90. The molecule has 9 nitrogen and oxygen atoms in total. The number of benzene rings is 7. The Morgan fingerprint density at radius 3 is 1.07 bits per heavy atom. The normalized spacial score (nSPS) is 10.0. The largest absolute Gasteiger partial charge is 0.497 e. The molecular formula is C51H50O9. The highest BCUT2D eigenvalue weighted by Crippen LogP contribution is 2.28. The van der Waals surface area contributed by atoms with Gasteiger partial charge in [-0.1, -0.05) is 54.6 Å². The molecule has 7 aromatic rings. The lowest BCUT2D eigenvalue weighted by Crippen LogP contribution is -1.98. The van der Waals surface area contributed by atoms with E-state index in [4.69, 9.17) is 23.7 Å². The van der Waals surface area contributed by atoms with Gasteiger partial charge in [0.1, 0.15) is 28.7 Å². The Kier molecular flexibility index (Phi) is 16.7. The number of fused-ring (bicyclic) bond motifs is 2. The second-order valence-electron chi connectivity index (χ2n) is 13.5. The van der Waals surface area contributed by atoms with Gasteiger partial charge in [-0.05, 0) is 145 Å². The number of Topliss-reactive ketones (excluding diaryl/α,β-unsaturated/α-hetero) is 4. The minimum absolute atomic E-state index is 0.0112. The SMILES string of the molecule is COc1cc2ccc(C(C)=O)cc2cc1C(C)=O.COc1ccc(-c2ccc(OC)cc2)cc1.COc1ccc(C(C)=O)cc1.COc1ccc2cc(C(C)=O)ccc2c1. The summed E-state index contributed by atoms with van der Waals surface area (Å²) in [5.74, 6) is 4.03. The number of carbonyl (C=O) groups excluding carboxylic acids is 4. The van der Waals surface area contributed by atoms with Crippen LogP contribution in [-0.2, 0) is 0 Å². The lowest BCUT2D eigenvalue weighted by Gasteiger charge is -2.08. The summed E-state index contributed by atoms with van der Waals surface area (Å²) in [6, 6.07) is 43.6. The maximum absolute atomic E-state index is 11.5. The van der Waals surface area contributed by atoms with E-state index in [0.29, 0.717) is 22.4 Å². The van der Waals surface area contributed by atoms with E-state index in [-0.39, 0.29) is 23.1 Å². The maximum Gasteiger partial charge on any atom is 0.163 e. The second-order valence-corrected chi connectivity index (χ2v) is 13.5. The fourth-order valence-corrected chi connectivity index (χ4v) is 5.90. The van der Waals surface area contributed by atoms with Crippen LogP contribution in [0.1, 0.15) is 69.1 Å². The minimum atomic E-state index is -0.0537. The number of ether oxygens (including phenoxy) is 5. The lowest BCUT2D eigenvalue weighted by molar-refractivity contribution is 0.100. The lowest BCUT2D eigenvalue weighted by atomic mass is 10.0. The Bertz CT molecular complexity index is 2510. The van der Waals surface area contributed by atoms with E-state index in [9.17, 15) is 19.2 Å². The van der Waals surface area contributed by atoms with Crippen LogP contribution in [0.4, 0.5) is 0 Å². The van der Waals surface area contributed by atoms with Crippen molar-refractivity contribution in [3.63, 3.8) is 0 Å². The van der Waals surface area contributed by atoms with E-state index in [2.05, 4.69) is 0 Å². The monoisotopic (exact) mass is 806 g/mol. The predicted molar refractivity (Wildman–Crippen MR) is 239 cm³/mol. The van der Waals surface area contributed by atoms with Crippen molar-refractivity contribution in [2.24, 2.45) is 0 Å². The van der Waals surface area contributed by atoms with E-state index >= 15 is 0 Å². The van der Waals surface area contributed by atoms with Gasteiger partial charge in [-0.3, -0.25) is 19.2 Å². The van der Waals surface area contributed by atoms with Crippen LogP contribution in [0.2, 0.25) is 0 Å². The number of hydrogen-bond acceptors (Lipinski definition) is 9. The summed E-state index contributed by atoms with van der Waals surface area (Å²) < 4.78 is 25.5. The van der Waals surface area contributed by atoms with Gasteiger partial charge in [0.25, 0.3) is 0 Å². The van der Waals surface area contributed by atoms with E-state index in [1.807, 2.05) is 97.1 Å². The zero-order valence-electron chi connectivity index (χ0n) is 35.5. The molecule has 0 saturated heterocycles. The maximum atomic E-state index is 11.5. The predicted octanol–water partition coefficient (Wildman–Crippen LogP) is 11.6. The molecule has 0 spiro atoms. The number of methoxy groups -OCH3 is 5. The Morgan fingerprint density at radius 2 is 0.667 bits per heavy atom. The summed E-state index contributed by atoms with van der Waals surface area (Å²) in [4.78, 5) is 44.9. The summed E-state index contributed by atoms with van der Waals surface area (Å²) in [6.07, 6.45) is 0. The molecule has 0 aliphatic rings. The third kappa shape index (κ3) is 12.6. The first-order chi connectivity index (χ1) is 28.8. The van der Waals surface area contributed by atoms with Gasteiger partial charge in [0.2, 0.25) is 0 Å². The smallest absolute Gasteiger partial charge is 0.163 e. The molecule has 0 fully saturated rings. The van der Waals surface area contributed by atoms with Crippen LogP contribution in [0.3, 0.4) is 0 Å². The van der Waals surface area contributed by atoms with Crippen LogP contribution in [0.15, 0.2) is 140 Å². The van der Waals surface area contributed by atoms with Gasteiger partial charge in [0, 0.05) is 16.7 Å². The van der Waals surface area contributed by atoms with Gasteiger partial charge in [-0.25, -0.2) is 0 Å². The van der Waals surface area contributed by atoms with Crippen molar-refractivity contribution < 1.29 is 42.9 Å². The van der Waals surface area contributed by atoms with Gasteiger partial charge in [-0.2, -0.15) is 0 Å². The molecule has 308 valence electrons. The molecule has 60 heavy (non-hydrogen) atoms. The second kappa shape index (κ2) is 22.0. The number of carbonyl (C=O) groups is 4. The number of hydrogen-bond donors (Lipinski definition) is 0. The highest BCUT2D eigenvalue weighted by molar-refractivity contribution is 6.04. The molecule has 0 amide bonds. The summed E-state index contributed by atoms with van der Waals surface area (Å²) in [5, 5.41) is 3.96. The van der Waals surface area contributed by atoms with Crippen molar-refractivity contribution in [2.45, 2.75) is 27.7 Å². The number of rotatable bonds is 10. The van der Waals surface area contributed by atoms with Crippen LogP contribution in [0.25, 0.3) is 32.7 Å². The van der Waals surface area contributed by atoms with E-state index < -0.39 is 0 Å². The summed E-state index contributed by atoms with van der Waals surface area (Å²) >= 11 is 0. The van der Waals surface area contributed by atoms with Crippen LogP contribution >= 0.6 is 0 Å². The first-order valence-corrected chi connectivity index (χ1v) is 19.0. The van der Waals surface area contributed by atoms with Crippen molar-refractivity contribution in [3.8, 4) is 39.9 Å². The Morgan fingerprint density at radius 1 is 0.317 bits per heavy atom. The Labute approximate surface area is 351 Å². The van der Waals surface area contributed by atoms with Gasteiger partial charge in [0.05, 0.1) is 41.1 Å². The molecule has 0 aliphatic heterocycles. The van der Waals surface area contributed by atoms with Crippen molar-refractivity contribution in [1.29, 1.82) is 0 Å². The average Bonchev–Trinajstić information content (AvgIpc) is 3.28. The van der Waals surface area contributed by atoms with Crippen molar-refractivity contribution >= 4 is 44.7 Å². The first-order valence-electron chi connectivity index (χ1n) is 19.0. The molecule has 0 unspecified atom stereocenters. The van der Waals surface area contributed by atoms with Crippen LogP contribution < -0.4 is 23.7 Å². The Balaban J connectivity index is 0.000000179. The topological polar surface area (TPSA) is 114 Å². The van der Waals surface area contributed by atoms with Crippen molar-refractivity contribution in [3.05, 3.63) is 162 Å². The standard InChI is InChI=1S/C15H14O3.C14H14O2.C13H12O2.C9H10O2/c1-9(16)11-4-5-12-8-15(18-3)14(10(2)17)7-13(12)6-11;1-15-13-7-3-11(4-8-13)12-5-9-14(16-2)10-6-12;1-9(14)10-3-4-12-8-13(15-2)6-5-11(12)7-10;1-7(10)8-3-5-9(11-2)6-4-8/h4-8H,1-3H3;3-10H,1-2H3;3-8H,1-2H3;3-6H,1-2H3. The van der Waals surface area contributed by atoms with Crippen LogP contribution in [0.5, 0.6) is 28.7 Å². The summed E-state index contributed by atoms with van der Waals surface area (Å²) in [5.41, 5.74) is 4.97. The fraction of sp³-hybridized carbons (Fsp3) is 0.176. The zero-order valence-corrected chi connectivity index (χ0v) is 35.5. The zero-order chi connectivity index (χ0) is 43.8. The van der Waals surface area contributed by atoms with Crippen molar-refractivity contribution in [1.82, 2.24) is 0 Å². The average molecular weight is 807 g/mol. The van der Waals surface area contributed by atoms with Crippen LogP contribution in [-0.4, -0.2) is 58.7 Å². The van der Waals surface area contributed by atoms with Crippen molar-refractivity contribution in [2.75, 3.05) is 35.5 Å². The molecule has 0 atom stereocenters. The molecule has 0 heterocycles. The third-order valence-corrected chi connectivity index (χ3v) is 9.41. The van der Waals surface area contributed by atoms with Gasteiger partial charge in [0.15, 0.2) is 23.1 Å². The molecule has 0 bridgehead atoms. The first kappa shape index (κ1) is 45.4. The molecule has 0 saturated carbocycles. The highest BCUT2D eigenvalue weighted by Gasteiger charge is 2.11. The quantitative estimate of drug-likeness (QED) is 0.125. The molecule has 9 heteroatoms. The number of ketones is 4. The molecular weight excluding hydrogens is 757 g/mol. The third-order valence-electron chi connectivity index (χ3n) is 9.41. The minimum Gasteiger partial charge on any atom is -0.497 e. The van der Waals surface area contributed by atoms with Crippen LogP contribution in [0, 0.1) is 0 Å². The highest BCUT2D eigenvalue weighted by atomic mass is 16.5. The molecule has 0 aliphatic carbocycles. The van der Waals surface area contributed by atoms with E-state index in [1.165, 1.54) is 32.1 Å².